The van der Waals surface area contributed by atoms with Crippen molar-refractivity contribution in [2.75, 3.05) is 18.1 Å². The summed E-state index contributed by atoms with van der Waals surface area (Å²) in [5, 5.41) is -0.0233. The van der Waals surface area contributed by atoms with Gasteiger partial charge in [0.05, 0.1) is 18.1 Å². The van der Waals surface area contributed by atoms with Crippen LogP contribution in [0.1, 0.15) is 12.5 Å². The molecule has 1 aromatic rings. The molecule has 0 radical (unpaired) electrons. The van der Waals surface area contributed by atoms with Crippen LogP contribution in [0.3, 0.4) is 0 Å². The Kier molecular flexibility index (Phi) is 6.36. The van der Waals surface area contributed by atoms with Gasteiger partial charge in [-0.15, -0.1) is 11.8 Å². The summed E-state index contributed by atoms with van der Waals surface area (Å²) in [5.41, 5.74) is 0.291. The molecule has 0 aromatic heterocycles. The molecule has 1 aromatic carbocycles. The van der Waals surface area contributed by atoms with Crippen molar-refractivity contribution in [3.63, 3.8) is 0 Å². The first-order valence-corrected chi connectivity index (χ1v) is 9.15. The summed E-state index contributed by atoms with van der Waals surface area (Å²) in [6.45, 7) is 1.54. The minimum Gasteiger partial charge on any atom is -0.285 e. The van der Waals surface area contributed by atoms with Gasteiger partial charge in [0.25, 0.3) is 12.3 Å². The zero-order valence-electron chi connectivity index (χ0n) is 13.4. The first-order valence-electron chi connectivity index (χ1n) is 7.17. The van der Waals surface area contributed by atoms with Gasteiger partial charge in [0.1, 0.15) is 11.5 Å². The van der Waals surface area contributed by atoms with Crippen LogP contribution in [0.2, 0.25) is 0 Å². The number of carbonyl (C=O) groups is 1. The topological polar surface area (TPSA) is 32.7 Å². The second kappa shape index (κ2) is 7.94. The number of thioether (sulfide) groups is 2. The van der Waals surface area contributed by atoms with Crippen molar-refractivity contribution in [3.8, 4) is 0 Å². The SMILES string of the molecule is Cc1cc(F)c(N=C2SCC(=O)N2CC(F)F)cc1SCC(C)(F)F. The number of benzene rings is 1. The molecule has 3 nitrogen and oxygen atoms in total. The van der Waals surface area contributed by atoms with Gasteiger partial charge in [-0.2, -0.15) is 0 Å². The molecule has 1 aliphatic rings. The van der Waals surface area contributed by atoms with Crippen LogP contribution in [0.15, 0.2) is 22.0 Å². The predicted octanol–water partition coefficient (Wildman–Crippen LogP) is 4.71. The van der Waals surface area contributed by atoms with E-state index in [4.69, 9.17) is 0 Å². The monoisotopic (exact) mass is 398 g/mol. The van der Waals surface area contributed by atoms with Gasteiger partial charge < -0.3 is 0 Å². The van der Waals surface area contributed by atoms with Crippen molar-refractivity contribution >= 4 is 40.3 Å². The van der Waals surface area contributed by atoms with Crippen molar-refractivity contribution in [1.29, 1.82) is 0 Å². The molecule has 0 spiro atoms. The molecule has 0 unspecified atom stereocenters. The Morgan fingerprint density at radius 2 is 2.08 bits per heavy atom. The molecule has 25 heavy (non-hydrogen) atoms. The fraction of sp³-hybridized carbons (Fsp3) is 0.467. The maximum atomic E-state index is 14.1. The third-order valence-electron chi connectivity index (χ3n) is 3.12. The number of hydrogen-bond acceptors (Lipinski definition) is 4. The Hall–Kier alpha value is -1.29. The molecule has 10 heteroatoms. The number of alkyl halides is 4. The second-order valence-corrected chi connectivity index (χ2v) is 7.47. The van der Waals surface area contributed by atoms with Crippen LogP contribution in [0, 0.1) is 12.7 Å². The molecule has 0 aliphatic carbocycles. The van der Waals surface area contributed by atoms with Crippen LogP contribution >= 0.6 is 23.5 Å². The average Bonchev–Trinajstić information content (AvgIpc) is 2.80. The number of carbonyl (C=O) groups excluding carboxylic acids is 1. The highest BCUT2D eigenvalue weighted by atomic mass is 32.2. The van der Waals surface area contributed by atoms with Gasteiger partial charge in [0.2, 0.25) is 5.91 Å². The summed E-state index contributed by atoms with van der Waals surface area (Å²) in [6, 6.07) is 2.44. The smallest absolute Gasteiger partial charge is 0.256 e. The highest BCUT2D eigenvalue weighted by Crippen LogP contribution is 2.34. The zero-order chi connectivity index (χ0) is 18.8. The van der Waals surface area contributed by atoms with Crippen molar-refractivity contribution in [3.05, 3.63) is 23.5 Å². The molecule has 0 bridgehead atoms. The molecular weight excluding hydrogens is 383 g/mol. The average molecular weight is 398 g/mol. The summed E-state index contributed by atoms with van der Waals surface area (Å²) in [7, 11) is 0. The number of aryl methyl sites for hydroxylation is 1. The highest BCUT2D eigenvalue weighted by Gasteiger charge is 2.31. The molecule has 0 saturated carbocycles. The normalized spacial score (nSPS) is 17.2. The van der Waals surface area contributed by atoms with E-state index in [2.05, 4.69) is 4.99 Å². The number of nitrogens with zero attached hydrogens (tertiary/aromatic N) is 2. The van der Waals surface area contributed by atoms with E-state index in [0.29, 0.717) is 10.5 Å². The fourth-order valence-electron chi connectivity index (χ4n) is 1.99. The highest BCUT2D eigenvalue weighted by molar-refractivity contribution is 8.15. The van der Waals surface area contributed by atoms with E-state index in [9.17, 15) is 26.7 Å². The summed E-state index contributed by atoms with van der Waals surface area (Å²) in [4.78, 5) is 16.8. The van der Waals surface area contributed by atoms with Crippen LogP contribution in [0.25, 0.3) is 0 Å². The molecular formula is C15H15F5N2OS2. The summed E-state index contributed by atoms with van der Waals surface area (Å²) < 4.78 is 65.3. The van der Waals surface area contributed by atoms with Gasteiger partial charge in [-0.1, -0.05) is 11.8 Å². The van der Waals surface area contributed by atoms with E-state index < -0.39 is 36.4 Å². The fourth-order valence-corrected chi connectivity index (χ4v) is 3.78. The minimum atomic E-state index is -2.89. The zero-order valence-corrected chi connectivity index (χ0v) is 15.0. The predicted molar refractivity (Wildman–Crippen MR) is 89.8 cm³/mol. The molecule has 1 amide bonds. The van der Waals surface area contributed by atoms with Crippen LogP contribution in [0.5, 0.6) is 0 Å². The Morgan fingerprint density at radius 3 is 2.68 bits per heavy atom. The lowest BCUT2D eigenvalue weighted by Gasteiger charge is -2.16. The lowest BCUT2D eigenvalue weighted by molar-refractivity contribution is -0.125. The standard InChI is InChI=1S/C15H15F5N2OS2/c1-8-3-9(16)10(4-11(8)25-7-15(2,19)20)21-14-22(5-12(17)18)13(23)6-24-14/h3-4,12H,5-7H2,1-2H3. The molecule has 1 aliphatic heterocycles. The quantitative estimate of drug-likeness (QED) is 0.514. The van der Waals surface area contributed by atoms with E-state index in [1.165, 1.54) is 6.07 Å². The first-order chi connectivity index (χ1) is 11.6. The van der Waals surface area contributed by atoms with Crippen molar-refractivity contribution in [2.45, 2.75) is 31.1 Å². The largest absolute Gasteiger partial charge is 0.285 e. The first kappa shape index (κ1) is 20.0. The van der Waals surface area contributed by atoms with E-state index in [1.807, 2.05) is 0 Å². The molecule has 0 atom stereocenters. The third kappa shape index (κ3) is 5.60. The van der Waals surface area contributed by atoms with Gasteiger partial charge in [-0.3, -0.25) is 9.69 Å². The number of halogens is 5. The van der Waals surface area contributed by atoms with Gasteiger partial charge in [0, 0.05) is 11.8 Å². The number of rotatable bonds is 6. The minimum absolute atomic E-state index is 0.0233. The van der Waals surface area contributed by atoms with Crippen molar-refractivity contribution in [2.24, 2.45) is 4.99 Å². The summed E-state index contributed by atoms with van der Waals surface area (Å²) >= 11 is 1.78. The summed E-state index contributed by atoms with van der Waals surface area (Å²) in [5.74, 6) is -4.67. The Morgan fingerprint density at radius 1 is 1.40 bits per heavy atom. The van der Waals surface area contributed by atoms with E-state index in [-0.39, 0.29) is 16.6 Å². The molecule has 138 valence electrons. The molecule has 1 saturated heterocycles. The molecule has 2 rings (SSSR count). The molecule has 0 N–H and O–H groups in total. The van der Waals surface area contributed by atoms with Gasteiger partial charge in [-0.25, -0.2) is 26.9 Å². The molecule has 1 fully saturated rings. The number of hydrogen-bond donors (Lipinski definition) is 0. The van der Waals surface area contributed by atoms with Crippen molar-refractivity contribution in [1.82, 2.24) is 4.90 Å². The van der Waals surface area contributed by atoms with Crippen LogP contribution < -0.4 is 0 Å². The number of amides is 1. The van der Waals surface area contributed by atoms with E-state index in [0.717, 1.165) is 41.4 Å². The second-order valence-electron chi connectivity index (χ2n) is 5.51. The van der Waals surface area contributed by atoms with Crippen LogP contribution in [-0.2, 0) is 4.79 Å². The van der Waals surface area contributed by atoms with Gasteiger partial charge in [-0.05, 0) is 24.6 Å². The van der Waals surface area contributed by atoms with Gasteiger partial charge >= 0.3 is 0 Å². The molecule has 1 heterocycles. The lowest BCUT2D eigenvalue weighted by Crippen LogP contribution is -2.33. The number of aliphatic imine (C=N–C) groups is 1. The Bertz CT molecular complexity index is 691. The van der Waals surface area contributed by atoms with Crippen molar-refractivity contribution < 1.29 is 26.7 Å². The number of amidine groups is 1. The van der Waals surface area contributed by atoms with Crippen LogP contribution in [-0.4, -0.2) is 46.4 Å². The van der Waals surface area contributed by atoms with E-state index >= 15 is 0 Å². The van der Waals surface area contributed by atoms with Gasteiger partial charge in [0.15, 0.2) is 5.17 Å². The summed E-state index contributed by atoms with van der Waals surface area (Å²) in [6.07, 6.45) is -2.74. The lowest BCUT2D eigenvalue weighted by atomic mass is 10.2. The third-order valence-corrected chi connectivity index (χ3v) is 5.48. The maximum absolute atomic E-state index is 14.1. The Balaban J connectivity index is 2.30. The van der Waals surface area contributed by atoms with E-state index in [1.54, 1.807) is 6.92 Å². The maximum Gasteiger partial charge on any atom is 0.256 e. The Labute approximate surface area is 150 Å². The van der Waals surface area contributed by atoms with Crippen LogP contribution in [0.4, 0.5) is 27.6 Å².